The van der Waals surface area contributed by atoms with Gasteiger partial charge in [0.05, 0.1) is 17.3 Å². The first-order valence-corrected chi connectivity index (χ1v) is 9.18. The molecule has 0 bridgehead atoms. The predicted molar refractivity (Wildman–Crippen MR) is 106 cm³/mol. The maximum absolute atomic E-state index is 13.1. The Kier molecular flexibility index (Phi) is 7.59. The second kappa shape index (κ2) is 9.69. The molecular weight excluding hydrogens is 392 g/mol. The zero-order chi connectivity index (χ0) is 20.0. The third kappa shape index (κ3) is 6.50. The fourth-order valence-electron chi connectivity index (χ4n) is 2.48. The molecule has 0 aliphatic rings. The van der Waals surface area contributed by atoms with Gasteiger partial charge in [-0.3, -0.25) is 9.59 Å². The molecule has 2 amide bonds. The van der Waals surface area contributed by atoms with Crippen molar-refractivity contribution in [2.75, 3.05) is 30.3 Å². The van der Waals surface area contributed by atoms with E-state index in [2.05, 4.69) is 10.6 Å². The van der Waals surface area contributed by atoms with Crippen LogP contribution in [0.3, 0.4) is 0 Å². The smallest absolute Gasteiger partial charge is 0.279 e. The Balaban J connectivity index is 1.93. The van der Waals surface area contributed by atoms with Gasteiger partial charge >= 0.3 is 0 Å². The standard InChI is InChI=1S/C19H20Cl2FN3O2/c1-3-25(10-18(26)23-16-7-6-14(22)9-15(16)21)11-19(27)24-17-8-13(20)5-4-12(17)2/h4-9H,3,10-11H2,1-2H3,(H,23,26)(H,24,27)/p+1. The molecule has 1 unspecified atom stereocenters. The van der Waals surface area contributed by atoms with Gasteiger partial charge in [0.1, 0.15) is 5.82 Å². The number of rotatable bonds is 7. The van der Waals surface area contributed by atoms with Crippen molar-refractivity contribution in [3.8, 4) is 0 Å². The average Bonchev–Trinajstić information content (AvgIpc) is 2.60. The SMILES string of the molecule is CC[NH+](CC(=O)Nc1cc(Cl)ccc1C)CC(=O)Nc1ccc(F)cc1Cl. The molecule has 0 aliphatic carbocycles. The molecule has 144 valence electrons. The van der Waals surface area contributed by atoms with Crippen LogP contribution in [0.2, 0.25) is 10.0 Å². The van der Waals surface area contributed by atoms with E-state index in [9.17, 15) is 14.0 Å². The topological polar surface area (TPSA) is 62.6 Å². The molecule has 2 rings (SSSR count). The third-order valence-electron chi connectivity index (χ3n) is 4.00. The van der Waals surface area contributed by atoms with E-state index >= 15 is 0 Å². The summed E-state index contributed by atoms with van der Waals surface area (Å²) in [6.07, 6.45) is 0. The van der Waals surface area contributed by atoms with E-state index in [0.717, 1.165) is 16.5 Å². The second-order valence-electron chi connectivity index (χ2n) is 6.14. The van der Waals surface area contributed by atoms with Crippen molar-refractivity contribution in [3.63, 3.8) is 0 Å². The summed E-state index contributed by atoms with van der Waals surface area (Å²) in [7, 11) is 0. The van der Waals surface area contributed by atoms with Crippen LogP contribution in [0, 0.1) is 12.7 Å². The first-order valence-electron chi connectivity index (χ1n) is 8.43. The molecule has 0 radical (unpaired) electrons. The van der Waals surface area contributed by atoms with Crippen LogP contribution in [0.4, 0.5) is 15.8 Å². The van der Waals surface area contributed by atoms with E-state index in [1.54, 1.807) is 12.1 Å². The molecule has 1 atom stereocenters. The lowest BCUT2D eigenvalue weighted by molar-refractivity contribution is -0.881. The quantitative estimate of drug-likeness (QED) is 0.654. The van der Waals surface area contributed by atoms with Crippen molar-refractivity contribution in [2.45, 2.75) is 13.8 Å². The summed E-state index contributed by atoms with van der Waals surface area (Å²) in [6.45, 7) is 4.52. The van der Waals surface area contributed by atoms with Gasteiger partial charge in [-0.1, -0.05) is 29.3 Å². The highest BCUT2D eigenvalue weighted by atomic mass is 35.5. The minimum atomic E-state index is -0.480. The third-order valence-corrected chi connectivity index (χ3v) is 4.55. The predicted octanol–water partition coefficient (Wildman–Crippen LogP) is 2.92. The number of benzene rings is 2. The molecule has 0 aromatic heterocycles. The van der Waals surface area contributed by atoms with Gasteiger partial charge in [-0.25, -0.2) is 4.39 Å². The summed E-state index contributed by atoms with van der Waals surface area (Å²) in [5, 5.41) is 6.10. The number of carbonyl (C=O) groups excluding carboxylic acids is 2. The number of quaternary nitrogens is 1. The van der Waals surface area contributed by atoms with E-state index in [4.69, 9.17) is 23.2 Å². The first kappa shape index (κ1) is 21.2. The molecule has 2 aromatic rings. The number of nitrogens with one attached hydrogen (secondary N) is 3. The van der Waals surface area contributed by atoms with Crippen LogP contribution in [0.5, 0.6) is 0 Å². The number of likely N-dealkylation sites (N-methyl/N-ethyl adjacent to an activating group) is 1. The Hall–Kier alpha value is -2.15. The fraction of sp³-hybridized carbons (Fsp3) is 0.263. The normalized spacial score (nSPS) is 11.7. The molecule has 27 heavy (non-hydrogen) atoms. The number of hydrogen-bond donors (Lipinski definition) is 3. The zero-order valence-electron chi connectivity index (χ0n) is 15.0. The highest BCUT2D eigenvalue weighted by Crippen LogP contribution is 2.22. The van der Waals surface area contributed by atoms with Crippen LogP contribution in [0.15, 0.2) is 36.4 Å². The van der Waals surface area contributed by atoms with Crippen molar-refractivity contribution >= 4 is 46.4 Å². The molecule has 0 spiro atoms. The van der Waals surface area contributed by atoms with Gasteiger partial charge in [0, 0.05) is 10.7 Å². The molecule has 0 fully saturated rings. The number of anilines is 2. The molecule has 0 saturated carbocycles. The summed E-state index contributed by atoms with van der Waals surface area (Å²) in [6, 6.07) is 9.00. The van der Waals surface area contributed by atoms with Crippen molar-refractivity contribution < 1.29 is 18.9 Å². The Morgan fingerprint density at radius 3 is 2.22 bits per heavy atom. The number of hydrogen-bond acceptors (Lipinski definition) is 2. The van der Waals surface area contributed by atoms with Crippen LogP contribution in [-0.4, -0.2) is 31.4 Å². The van der Waals surface area contributed by atoms with Crippen molar-refractivity contribution in [1.29, 1.82) is 0 Å². The molecule has 2 aromatic carbocycles. The summed E-state index contributed by atoms with van der Waals surface area (Å²) in [5.74, 6) is -1.01. The lowest BCUT2D eigenvalue weighted by Crippen LogP contribution is -3.13. The van der Waals surface area contributed by atoms with Gasteiger partial charge in [0.15, 0.2) is 13.1 Å². The maximum atomic E-state index is 13.1. The molecule has 0 aliphatic heterocycles. The molecule has 8 heteroatoms. The zero-order valence-corrected chi connectivity index (χ0v) is 16.5. The average molecular weight is 413 g/mol. The van der Waals surface area contributed by atoms with Crippen LogP contribution < -0.4 is 15.5 Å². The lowest BCUT2D eigenvalue weighted by Gasteiger charge is -2.17. The molecule has 0 heterocycles. The number of amides is 2. The summed E-state index contributed by atoms with van der Waals surface area (Å²) in [5.41, 5.74) is 1.87. The highest BCUT2D eigenvalue weighted by Gasteiger charge is 2.18. The molecular formula is C19H21Cl2FN3O2+. The summed E-state index contributed by atoms with van der Waals surface area (Å²) >= 11 is 11.9. The van der Waals surface area contributed by atoms with E-state index in [0.29, 0.717) is 22.9 Å². The van der Waals surface area contributed by atoms with E-state index in [-0.39, 0.29) is 29.9 Å². The van der Waals surface area contributed by atoms with Gasteiger partial charge in [-0.2, -0.15) is 0 Å². The van der Waals surface area contributed by atoms with Crippen molar-refractivity contribution in [1.82, 2.24) is 0 Å². The largest absolute Gasteiger partial charge is 0.321 e. The second-order valence-corrected chi connectivity index (χ2v) is 6.98. The molecule has 0 saturated heterocycles. The minimum Gasteiger partial charge on any atom is -0.321 e. The van der Waals surface area contributed by atoms with E-state index < -0.39 is 5.82 Å². The number of halogens is 3. The van der Waals surface area contributed by atoms with Crippen LogP contribution in [-0.2, 0) is 9.59 Å². The van der Waals surface area contributed by atoms with Gasteiger partial charge in [-0.15, -0.1) is 0 Å². The lowest BCUT2D eigenvalue weighted by atomic mass is 10.2. The van der Waals surface area contributed by atoms with Gasteiger partial charge in [0.2, 0.25) is 0 Å². The minimum absolute atomic E-state index is 0.0755. The maximum Gasteiger partial charge on any atom is 0.279 e. The van der Waals surface area contributed by atoms with Crippen LogP contribution in [0.25, 0.3) is 0 Å². The monoisotopic (exact) mass is 412 g/mol. The van der Waals surface area contributed by atoms with E-state index in [1.165, 1.54) is 12.1 Å². The van der Waals surface area contributed by atoms with Crippen LogP contribution in [0.1, 0.15) is 12.5 Å². The number of aryl methyl sites for hydroxylation is 1. The van der Waals surface area contributed by atoms with Crippen molar-refractivity contribution in [3.05, 3.63) is 57.8 Å². The van der Waals surface area contributed by atoms with Crippen LogP contribution >= 0.6 is 23.2 Å². The van der Waals surface area contributed by atoms with Crippen molar-refractivity contribution in [2.24, 2.45) is 0 Å². The van der Waals surface area contributed by atoms with Gasteiger partial charge in [-0.05, 0) is 49.7 Å². The number of carbonyl (C=O) groups is 2. The highest BCUT2D eigenvalue weighted by molar-refractivity contribution is 6.33. The molecule has 3 N–H and O–H groups in total. The Morgan fingerprint density at radius 1 is 1.00 bits per heavy atom. The summed E-state index contributed by atoms with van der Waals surface area (Å²) in [4.78, 5) is 25.3. The van der Waals surface area contributed by atoms with E-state index in [1.807, 2.05) is 19.9 Å². The van der Waals surface area contributed by atoms with Gasteiger partial charge in [0.25, 0.3) is 11.8 Å². The molecule has 5 nitrogen and oxygen atoms in total. The van der Waals surface area contributed by atoms with Gasteiger partial charge < -0.3 is 15.5 Å². The first-order chi connectivity index (χ1) is 12.8. The Labute approximate surface area is 167 Å². The Bertz CT molecular complexity index is 846. The Morgan fingerprint density at radius 2 is 1.63 bits per heavy atom. The fourth-order valence-corrected chi connectivity index (χ4v) is 2.86. The summed E-state index contributed by atoms with van der Waals surface area (Å²) < 4.78 is 13.1.